The number of rotatable bonds is 2. The van der Waals surface area contributed by atoms with E-state index in [9.17, 15) is 4.79 Å². The largest absolute Gasteiger partial charge is 0.358 e. The molecular weight excluding hydrogens is 242 g/mol. The maximum absolute atomic E-state index is 11.9. The lowest BCUT2D eigenvalue weighted by molar-refractivity contribution is -0.123. The van der Waals surface area contributed by atoms with Crippen LogP contribution in [-0.4, -0.2) is 32.5 Å². The fraction of sp³-hybridized carbons (Fsp3) is 0.400. The molecule has 0 atom stereocenters. The standard InChI is InChI=1S/C10H10ClN5O/c1-12-8(17)10(2-3-10)6-4-13-9(11)16-5-14-15-7(6)16/h4-5H,2-3H2,1H3,(H,12,17). The maximum atomic E-state index is 11.9. The van der Waals surface area contributed by atoms with Gasteiger partial charge in [-0.05, 0) is 24.4 Å². The van der Waals surface area contributed by atoms with Gasteiger partial charge in [0.2, 0.25) is 11.2 Å². The molecule has 2 aromatic heterocycles. The number of carbonyl (C=O) groups is 1. The van der Waals surface area contributed by atoms with Crippen LogP contribution in [0.25, 0.3) is 5.65 Å². The zero-order valence-corrected chi connectivity index (χ0v) is 9.90. The summed E-state index contributed by atoms with van der Waals surface area (Å²) in [6.07, 6.45) is 4.72. The number of fused-ring (bicyclic) bond motifs is 1. The number of halogens is 1. The summed E-state index contributed by atoms with van der Waals surface area (Å²) >= 11 is 5.93. The second kappa shape index (κ2) is 3.40. The monoisotopic (exact) mass is 251 g/mol. The van der Waals surface area contributed by atoms with Crippen LogP contribution in [-0.2, 0) is 10.2 Å². The third kappa shape index (κ3) is 1.33. The molecule has 2 aromatic rings. The number of hydrogen-bond donors (Lipinski definition) is 1. The molecule has 0 spiro atoms. The van der Waals surface area contributed by atoms with Crippen molar-refractivity contribution in [3.8, 4) is 0 Å². The van der Waals surface area contributed by atoms with Crippen molar-refractivity contribution >= 4 is 23.2 Å². The second-order valence-corrected chi connectivity index (χ2v) is 4.46. The minimum atomic E-state index is -0.499. The van der Waals surface area contributed by atoms with E-state index in [1.807, 2.05) is 0 Å². The third-order valence-corrected chi connectivity index (χ3v) is 3.49. The highest BCUT2D eigenvalue weighted by molar-refractivity contribution is 6.28. The summed E-state index contributed by atoms with van der Waals surface area (Å²) in [5.74, 6) is -0.00785. The molecule has 0 aromatic carbocycles. The van der Waals surface area contributed by atoms with Crippen LogP contribution in [0.4, 0.5) is 0 Å². The number of aromatic nitrogens is 4. The normalized spacial score (nSPS) is 17.1. The van der Waals surface area contributed by atoms with Gasteiger partial charge in [0.1, 0.15) is 6.33 Å². The van der Waals surface area contributed by atoms with E-state index in [4.69, 9.17) is 11.6 Å². The lowest BCUT2D eigenvalue weighted by Crippen LogP contribution is -2.32. The fourth-order valence-corrected chi connectivity index (χ4v) is 2.28. The molecule has 0 unspecified atom stereocenters. The van der Waals surface area contributed by atoms with Crippen molar-refractivity contribution in [2.24, 2.45) is 0 Å². The van der Waals surface area contributed by atoms with E-state index in [2.05, 4.69) is 20.5 Å². The molecule has 1 aliphatic carbocycles. The zero-order valence-electron chi connectivity index (χ0n) is 9.14. The molecule has 88 valence electrons. The van der Waals surface area contributed by atoms with E-state index in [1.165, 1.54) is 6.33 Å². The predicted octanol–water partition coefficient (Wildman–Crippen LogP) is 0.555. The SMILES string of the molecule is CNC(=O)C1(c2cnc(Cl)n3cnnc23)CC1. The topological polar surface area (TPSA) is 72.2 Å². The first-order valence-electron chi connectivity index (χ1n) is 5.26. The first kappa shape index (κ1) is 10.5. The maximum Gasteiger partial charge on any atom is 0.230 e. The van der Waals surface area contributed by atoms with Crippen LogP contribution < -0.4 is 5.32 Å². The van der Waals surface area contributed by atoms with Gasteiger partial charge in [-0.25, -0.2) is 4.98 Å². The van der Waals surface area contributed by atoms with Crippen LogP contribution in [0.5, 0.6) is 0 Å². The molecular formula is C10H10ClN5O. The van der Waals surface area contributed by atoms with E-state index in [0.717, 1.165) is 18.4 Å². The summed E-state index contributed by atoms with van der Waals surface area (Å²) in [5, 5.41) is 10.8. The molecule has 17 heavy (non-hydrogen) atoms. The quantitative estimate of drug-likeness (QED) is 0.792. The summed E-state index contributed by atoms with van der Waals surface area (Å²) < 4.78 is 1.58. The molecule has 0 bridgehead atoms. The van der Waals surface area contributed by atoms with Crippen molar-refractivity contribution in [2.75, 3.05) is 7.05 Å². The van der Waals surface area contributed by atoms with Crippen LogP contribution in [0, 0.1) is 0 Å². The van der Waals surface area contributed by atoms with Crippen molar-refractivity contribution in [3.05, 3.63) is 23.4 Å². The Kier molecular flexibility index (Phi) is 2.09. The van der Waals surface area contributed by atoms with Gasteiger partial charge in [-0.2, -0.15) is 0 Å². The third-order valence-electron chi connectivity index (χ3n) is 3.21. The summed E-state index contributed by atoms with van der Waals surface area (Å²) in [4.78, 5) is 16.0. The highest BCUT2D eigenvalue weighted by Gasteiger charge is 2.52. The number of hydrogen-bond acceptors (Lipinski definition) is 4. The van der Waals surface area contributed by atoms with Gasteiger partial charge in [0, 0.05) is 18.8 Å². The van der Waals surface area contributed by atoms with E-state index < -0.39 is 5.41 Å². The van der Waals surface area contributed by atoms with Crippen molar-refractivity contribution in [1.29, 1.82) is 0 Å². The van der Waals surface area contributed by atoms with Crippen molar-refractivity contribution < 1.29 is 4.79 Å². The Balaban J connectivity index is 2.22. The molecule has 1 fully saturated rings. The highest BCUT2D eigenvalue weighted by atomic mass is 35.5. The van der Waals surface area contributed by atoms with E-state index in [0.29, 0.717) is 10.9 Å². The Morgan fingerprint density at radius 1 is 1.59 bits per heavy atom. The summed E-state index contributed by atoms with van der Waals surface area (Å²) in [6.45, 7) is 0. The number of likely N-dealkylation sites (N-methyl/N-ethyl adjacent to an activating group) is 1. The molecule has 0 aliphatic heterocycles. The Hall–Kier alpha value is -1.69. The Morgan fingerprint density at radius 2 is 2.35 bits per heavy atom. The average molecular weight is 252 g/mol. The van der Waals surface area contributed by atoms with Crippen LogP contribution in [0.2, 0.25) is 5.28 Å². The number of carbonyl (C=O) groups excluding carboxylic acids is 1. The smallest absolute Gasteiger partial charge is 0.230 e. The molecule has 1 N–H and O–H groups in total. The fourth-order valence-electron chi connectivity index (χ4n) is 2.11. The molecule has 7 heteroatoms. The predicted molar refractivity (Wildman–Crippen MR) is 60.8 cm³/mol. The first-order valence-corrected chi connectivity index (χ1v) is 5.64. The molecule has 1 aliphatic rings. The van der Waals surface area contributed by atoms with E-state index in [-0.39, 0.29) is 5.91 Å². The van der Waals surface area contributed by atoms with Crippen LogP contribution >= 0.6 is 11.6 Å². The van der Waals surface area contributed by atoms with Crippen molar-refractivity contribution in [1.82, 2.24) is 24.9 Å². The molecule has 3 rings (SSSR count). The molecule has 1 amide bonds. The molecule has 6 nitrogen and oxygen atoms in total. The van der Waals surface area contributed by atoms with Gasteiger partial charge in [-0.3, -0.25) is 9.20 Å². The van der Waals surface area contributed by atoms with Gasteiger partial charge in [0.15, 0.2) is 5.65 Å². The van der Waals surface area contributed by atoms with Crippen LogP contribution in [0.15, 0.2) is 12.5 Å². The van der Waals surface area contributed by atoms with E-state index in [1.54, 1.807) is 17.6 Å². The van der Waals surface area contributed by atoms with Gasteiger partial charge in [0.05, 0.1) is 5.41 Å². The Bertz CT molecular complexity index is 604. The Morgan fingerprint density at radius 3 is 3.00 bits per heavy atom. The number of nitrogens with one attached hydrogen (secondary N) is 1. The lowest BCUT2D eigenvalue weighted by atomic mass is 9.97. The summed E-state index contributed by atoms with van der Waals surface area (Å²) in [6, 6.07) is 0. The molecule has 0 radical (unpaired) electrons. The average Bonchev–Trinajstić information content (AvgIpc) is 2.98. The number of amides is 1. The zero-order chi connectivity index (χ0) is 12.0. The van der Waals surface area contributed by atoms with Crippen LogP contribution in [0.1, 0.15) is 18.4 Å². The van der Waals surface area contributed by atoms with Gasteiger partial charge in [-0.1, -0.05) is 0 Å². The van der Waals surface area contributed by atoms with Crippen molar-refractivity contribution in [3.63, 3.8) is 0 Å². The minimum absolute atomic E-state index is 0.00785. The van der Waals surface area contributed by atoms with E-state index >= 15 is 0 Å². The van der Waals surface area contributed by atoms with Crippen LogP contribution in [0.3, 0.4) is 0 Å². The Labute approximate surface area is 102 Å². The summed E-state index contributed by atoms with van der Waals surface area (Å²) in [5.41, 5.74) is 0.894. The van der Waals surface area contributed by atoms with Crippen molar-refractivity contribution in [2.45, 2.75) is 18.3 Å². The first-order chi connectivity index (χ1) is 8.19. The van der Waals surface area contributed by atoms with Gasteiger partial charge >= 0.3 is 0 Å². The van der Waals surface area contributed by atoms with Gasteiger partial charge < -0.3 is 5.32 Å². The van der Waals surface area contributed by atoms with Gasteiger partial charge in [-0.15, -0.1) is 10.2 Å². The molecule has 2 heterocycles. The molecule has 1 saturated carbocycles. The number of nitrogens with zero attached hydrogens (tertiary/aromatic N) is 4. The molecule has 0 saturated heterocycles. The lowest BCUT2D eigenvalue weighted by Gasteiger charge is -2.14. The second-order valence-electron chi connectivity index (χ2n) is 4.13. The summed E-state index contributed by atoms with van der Waals surface area (Å²) in [7, 11) is 1.63. The highest BCUT2D eigenvalue weighted by Crippen LogP contribution is 2.49. The minimum Gasteiger partial charge on any atom is -0.358 e. The van der Waals surface area contributed by atoms with Gasteiger partial charge in [0.25, 0.3) is 0 Å².